The first-order valence-electron chi connectivity index (χ1n) is 7.09. The van der Waals surface area contributed by atoms with Crippen LogP contribution in [0.25, 0.3) is 0 Å². The van der Waals surface area contributed by atoms with E-state index in [1.165, 1.54) is 24.3 Å². The Morgan fingerprint density at radius 2 is 1.40 bits per heavy atom. The Bertz CT molecular complexity index is 893. The normalized spacial score (nSPS) is 10.6. The molecule has 0 bridgehead atoms. The van der Waals surface area contributed by atoms with Gasteiger partial charge in [0.1, 0.15) is 0 Å². The molecule has 0 unspecified atom stereocenters. The second-order valence-corrected chi connectivity index (χ2v) is 6.70. The van der Waals surface area contributed by atoms with E-state index in [4.69, 9.17) is 0 Å². The summed E-state index contributed by atoms with van der Waals surface area (Å²) in [5.41, 5.74) is 1.06. The highest BCUT2D eigenvalue weighted by Crippen LogP contribution is 2.09. The van der Waals surface area contributed by atoms with Crippen molar-refractivity contribution in [1.29, 1.82) is 0 Å². The van der Waals surface area contributed by atoms with Gasteiger partial charge in [0.15, 0.2) is 0 Å². The molecule has 0 aliphatic rings. The van der Waals surface area contributed by atoms with Crippen LogP contribution in [0.3, 0.4) is 0 Å². The highest BCUT2D eigenvalue weighted by Gasteiger charge is 2.19. The van der Waals surface area contributed by atoms with E-state index in [-0.39, 0.29) is 10.5 Å². The molecule has 0 saturated carbocycles. The van der Waals surface area contributed by atoms with Gasteiger partial charge in [-0.3, -0.25) is 15.4 Å². The van der Waals surface area contributed by atoms with Crippen LogP contribution >= 0.6 is 0 Å². The second-order valence-electron chi connectivity index (χ2n) is 5.02. The second kappa shape index (κ2) is 7.58. The van der Waals surface area contributed by atoms with Crippen LogP contribution in [0, 0.1) is 6.92 Å². The number of sulfonamides is 1. The fourth-order valence-corrected chi connectivity index (χ4v) is 2.73. The Balaban J connectivity index is 1.94. The van der Waals surface area contributed by atoms with E-state index in [0.717, 1.165) is 5.56 Å². The third-order valence-corrected chi connectivity index (χ3v) is 4.40. The van der Waals surface area contributed by atoms with Gasteiger partial charge >= 0.3 is 12.1 Å². The number of urea groups is 2. The van der Waals surface area contributed by atoms with Crippen molar-refractivity contribution >= 4 is 28.0 Å². The first-order chi connectivity index (χ1) is 11.8. The molecule has 0 saturated heterocycles. The lowest BCUT2D eigenvalue weighted by Gasteiger charge is -2.08. The lowest BCUT2D eigenvalue weighted by atomic mass is 10.2. The van der Waals surface area contributed by atoms with E-state index in [9.17, 15) is 22.8 Å². The summed E-state index contributed by atoms with van der Waals surface area (Å²) in [6.45, 7) is 1.78. The minimum Gasteiger partial charge on any atom is -0.274 e. The van der Waals surface area contributed by atoms with Gasteiger partial charge in [-0.05, 0) is 31.2 Å². The zero-order valence-electron chi connectivity index (χ0n) is 13.1. The van der Waals surface area contributed by atoms with Gasteiger partial charge in [0.25, 0.3) is 15.9 Å². The van der Waals surface area contributed by atoms with Gasteiger partial charge in [0.2, 0.25) is 0 Å². The summed E-state index contributed by atoms with van der Waals surface area (Å²) < 4.78 is 25.7. The molecule has 2 aromatic carbocycles. The van der Waals surface area contributed by atoms with Crippen molar-refractivity contribution in [2.45, 2.75) is 11.8 Å². The van der Waals surface area contributed by atoms with Crippen LogP contribution in [-0.2, 0) is 10.0 Å². The van der Waals surface area contributed by atoms with Gasteiger partial charge < -0.3 is 0 Å². The first-order valence-corrected chi connectivity index (χ1v) is 8.57. The van der Waals surface area contributed by atoms with Gasteiger partial charge in [0, 0.05) is 5.56 Å². The third-order valence-electron chi connectivity index (χ3n) is 3.05. The molecule has 3 N–H and O–H groups in total. The molecule has 25 heavy (non-hydrogen) atoms. The van der Waals surface area contributed by atoms with Crippen LogP contribution in [0.5, 0.6) is 0 Å². The van der Waals surface area contributed by atoms with Gasteiger partial charge in [-0.25, -0.2) is 22.7 Å². The number of carbonyl (C=O) groups excluding carboxylic acids is 3. The molecule has 0 aliphatic carbocycles. The predicted octanol–water partition coefficient (Wildman–Crippen LogP) is 1.53. The number of imide groups is 2. The maximum atomic E-state index is 12.0. The minimum absolute atomic E-state index is 0.131. The molecule has 0 aromatic heterocycles. The van der Waals surface area contributed by atoms with Crippen molar-refractivity contribution in [1.82, 2.24) is 15.4 Å². The summed E-state index contributed by atoms with van der Waals surface area (Å²) in [6.07, 6.45) is 0. The lowest BCUT2D eigenvalue weighted by Crippen LogP contribution is -2.48. The van der Waals surface area contributed by atoms with Gasteiger partial charge in [-0.1, -0.05) is 35.9 Å². The molecule has 130 valence electrons. The molecule has 2 rings (SSSR count). The highest BCUT2D eigenvalue weighted by molar-refractivity contribution is 7.90. The number of nitrogens with one attached hydrogen (secondary N) is 3. The molecule has 5 amide bonds. The van der Waals surface area contributed by atoms with Gasteiger partial charge in [-0.2, -0.15) is 0 Å². The maximum Gasteiger partial charge on any atom is 0.336 e. The van der Waals surface area contributed by atoms with Crippen LogP contribution in [0.4, 0.5) is 9.59 Å². The smallest absolute Gasteiger partial charge is 0.274 e. The van der Waals surface area contributed by atoms with E-state index in [1.54, 1.807) is 47.3 Å². The molecule has 0 fully saturated rings. The fourth-order valence-electron chi connectivity index (χ4n) is 1.82. The average molecular weight is 361 g/mol. The van der Waals surface area contributed by atoms with Crippen molar-refractivity contribution < 1.29 is 22.8 Å². The molecule has 0 atom stereocenters. The molecule has 0 aliphatic heterocycles. The van der Waals surface area contributed by atoms with Crippen LogP contribution < -0.4 is 15.4 Å². The van der Waals surface area contributed by atoms with E-state index in [1.807, 2.05) is 5.32 Å². The molecular formula is C16H15N3O5S. The Morgan fingerprint density at radius 1 is 0.800 bits per heavy atom. The number of hydrogen-bond acceptors (Lipinski definition) is 5. The largest absolute Gasteiger partial charge is 0.336 e. The lowest BCUT2D eigenvalue weighted by molar-refractivity contribution is 0.0965. The monoisotopic (exact) mass is 361 g/mol. The number of benzene rings is 2. The summed E-state index contributed by atoms with van der Waals surface area (Å²) in [5.74, 6) is -0.729. The summed E-state index contributed by atoms with van der Waals surface area (Å²) in [5, 5.41) is 3.63. The Kier molecular flexibility index (Phi) is 5.50. The Hall–Kier alpha value is -3.20. The first kappa shape index (κ1) is 18.1. The number of rotatable bonds is 3. The van der Waals surface area contributed by atoms with E-state index in [0.29, 0.717) is 0 Å². The molecule has 2 aromatic rings. The SMILES string of the molecule is Cc1ccc(S(=O)(=O)NC(=O)NC(=O)NC(=O)c2ccccc2)cc1. The summed E-state index contributed by atoms with van der Waals surface area (Å²) in [6, 6.07) is 11.2. The minimum atomic E-state index is -4.13. The predicted molar refractivity (Wildman–Crippen MR) is 89.3 cm³/mol. The quantitative estimate of drug-likeness (QED) is 0.765. The van der Waals surface area contributed by atoms with E-state index in [2.05, 4.69) is 0 Å². The molecule has 0 spiro atoms. The summed E-state index contributed by atoms with van der Waals surface area (Å²) >= 11 is 0. The maximum absolute atomic E-state index is 12.0. The standard InChI is InChI=1S/C16H15N3O5S/c1-11-7-9-13(10-8-11)25(23,24)19-16(22)18-15(21)17-14(20)12-5-3-2-4-6-12/h2-10H,1H3,(H3,17,18,19,20,21,22). The van der Waals surface area contributed by atoms with Crippen LogP contribution in [0.2, 0.25) is 0 Å². The van der Waals surface area contributed by atoms with Crippen molar-refractivity contribution in [3.05, 3.63) is 65.7 Å². The number of hydrogen-bond donors (Lipinski definition) is 3. The summed E-state index contributed by atoms with van der Waals surface area (Å²) in [4.78, 5) is 34.9. The zero-order chi connectivity index (χ0) is 18.4. The highest BCUT2D eigenvalue weighted by atomic mass is 32.2. The van der Waals surface area contributed by atoms with E-state index >= 15 is 0 Å². The Labute approximate surface area is 144 Å². The van der Waals surface area contributed by atoms with Gasteiger partial charge in [-0.15, -0.1) is 0 Å². The molecule has 0 heterocycles. The third kappa shape index (κ3) is 5.15. The Morgan fingerprint density at radius 3 is 2.00 bits per heavy atom. The van der Waals surface area contributed by atoms with Crippen LogP contribution in [-0.4, -0.2) is 26.4 Å². The fraction of sp³-hybridized carbons (Fsp3) is 0.0625. The van der Waals surface area contributed by atoms with Crippen molar-refractivity contribution in [2.24, 2.45) is 0 Å². The number of aryl methyl sites for hydroxylation is 1. The van der Waals surface area contributed by atoms with Crippen molar-refractivity contribution in [2.75, 3.05) is 0 Å². The molecular weight excluding hydrogens is 346 g/mol. The number of carbonyl (C=O) groups is 3. The average Bonchev–Trinajstić information content (AvgIpc) is 2.55. The molecule has 0 radical (unpaired) electrons. The zero-order valence-corrected chi connectivity index (χ0v) is 14.0. The summed E-state index contributed by atoms with van der Waals surface area (Å²) in [7, 11) is -4.13. The van der Waals surface area contributed by atoms with Gasteiger partial charge in [0.05, 0.1) is 4.90 Å². The number of amides is 5. The molecule has 9 heteroatoms. The molecule has 8 nitrogen and oxygen atoms in total. The van der Waals surface area contributed by atoms with Crippen molar-refractivity contribution in [3.8, 4) is 0 Å². The van der Waals surface area contributed by atoms with E-state index < -0.39 is 28.0 Å². The van der Waals surface area contributed by atoms with Crippen LogP contribution in [0.15, 0.2) is 59.5 Å². The van der Waals surface area contributed by atoms with Crippen LogP contribution in [0.1, 0.15) is 15.9 Å². The van der Waals surface area contributed by atoms with Crippen molar-refractivity contribution in [3.63, 3.8) is 0 Å². The topological polar surface area (TPSA) is 121 Å².